The Balaban J connectivity index is 1.40. The van der Waals surface area contributed by atoms with Crippen LogP contribution in [0.2, 0.25) is 0 Å². The first-order chi connectivity index (χ1) is 11.5. The predicted molar refractivity (Wildman–Crippen MR) is 86.1 cm³/mol. The van der Waals surface area contributed by atoms with Crippen molar-refractivity contribution in [1.82, 2.24) is 9.80 Å². The molecule has 0 aromatic heterocycles. The average molecular weight is 324 g/mol. The monoisotopic (exact) mass is 324 g/mol. The molecule has 5 fully saturated rings. The van der Waals surface area contributed by atoms with Crippen molar-refractivity contribution < 1.29 is 14.4 Å². The van der Waals surface area contributed by atoms with Crippen molar-refractivity contribution in [3.63, 3.8) is 0 Å². The van der Waals surface area contributed by atoms with Crippen LogP contribution in [0, 0.1) is 29.6 Å². The maximum absolute atomic E-state index is 13.1. The number of amides is 3. The standard InChI is InChI=1S/C19H20N2O3/c1-19(12-8-11-14-15(11)16(12)14)17(23)21(18(24)20(19)2)9-13(22)10-6-4-3-5-7-10/h3-7,11-12,14-16H,8-9H2,1-2H3. The molecule has 4 atom stereocenters. The number of imide groups is 1. The molecule has 124 valence electrons. The van der Waals surface area contributed by atoms with Crippen molar-refractivity contribution in [1.29, 1.82) is 0 Å². The van der Waals surface area contributed by atoms with E-state index >= 15 is 0 Å². The Morgan fingerprint density at radius 1 is 1.17 bits per heavy atom. The number of carbonyl (C=O) groups is 3. The van der Waals surface area contributed by atoms with Gasteiger partial charge in [-0.15, -0.1) is 0 Å². The summed E-state index contributed by atoms with van der Waals surface area (Å²) >= 11 is 0. The van der Waals surface area contributed by atoms with Crippen LogP contribution >= 0.6 is 0 Å². The molecule has 0 radical (unpaired) electrons. The highest BCUT2D eigenvalue weighted by atomic mass is 16.2. The van der Waals surface area contributed by atoms with Gasteiger partial charge in [-0.1, -0.05) is 30.3 Å². The summed E-state index contributed by atoms with van der Waals surface area (Å²) in [6.45, 7) is 1.72. The number of Topliss-reactive ketones (excluding diaryl/α,β-unsaturated/α-hetero) is 1. The Morgan fingerprint density at radius 2 is 1.83 bits per heavy atom. The number of ketones is 1. The molecule has 3 amide bonds. The fourth-order valence-corrected chi connectivity index (χ4v) is 5.43. The molecule has 0 N–H and O–H groups in total. The molecule has 1 aromatic carbocycles. The van der Waals surface area contributed by atoms with E-state index in [-0.39, 0.29) is 30.2 Å². The summed E-state index contributed by atoms with van der Waals surface area (Å²) in [5, 5.41) is 0. The lowest BCUT2D eigenvalue weighted by Gasteiger charge is -2.34. The molecule has 6 rings (SSSR count). The van der Waals surface area contributed by atoms with Crippen LogP contribution in [0.25, 0.3) is 0 Å². The van der Waals surface area contributed by atoms with E-state index in [1.54, 1.807) is 36.2 Å². The number of benzene rings is 1. The third-order valence-corrected chi connectivity index (χ3v) is 7.04. The van der Waals surface area contributed by atoms with Crippen LogP contribution in [0.3, 0.4) is 0 Å². The molecule has 0 spiro atoms. The van der Waals surface area contributed by atoms with Crippen molar-refractivity contribution in [3.8, 4) is 0 Å². The van der Waals surface area contributed by atoms with E-state index in [1.807, 2.05) is 13.0 Å². The zero-order chi connectivity index (χ0) is 16.8. The second-order valence-corrected chi connectivity index (χ2v) is 7.91. The normalized spacial score (nSPS) is 41.7. The highest BCUT2D eigenvalue weighted by Gasteiger charge is 2.83. The van der Waals surface area contributed by atoms with Gasteiger partial charge in [0.15, 0.2) is 5.78 Å². The quantitative estimate of drug-likeness (QED) is 0.629. The lowest BCUT2D eigenvalue weighted by molar-refractivity contribution is -0.134. The zero-order valence-electron chi connectivity index (χ0n) is 13.8. The number of nitrogens with zero attached hydrogens (tertiary/aromatic N) is 2. The number of hydrogen-bond donors (Lipinski definition) is 0. The average Bonchev–Trinajstić information content (AvgIpc) is 3.39. The van der Waals surface area contributed by atoms with Gasteiger partial charge in [-0.25, -0.2) is 4.79 Å². The van der Waals surface area contributed by atoms with Crippen molar-refractivity contribution in [2.24, 2.45) is 29.6 Å². The minimum Gasteiger partial charge on any atom is -0.313 e. The minimum atomic E-state index is -0.781. The van der Waals surface area contributed by atoms with E-state index in [0.717, 1.165) is 29.1 Å². The van der Waals surface area contributed by atoms with E-state index in [1.165, 1.54) is 0 Å². The zero-order valence-corrected chi connectivity index (χ0v) is 13.8. The molecule has 5 heteroatoms. The van der Waals surface area contributed by atoms with Crippen LogP contribution in [-0.2, 0) is 4.79 Å². The van der Waals surface area contributed by atoms with Crippen molar-refractivity contribution in [2.45, 2.75) is 18.9 Å². The first kappa shape index (κ1) is 14.2. The van der Waals surface area contributed by atoms with Gasteiger partial charge in [-0.2, -0.15) is 0 Å². The van der Waals surface area contributed by atoms with Gasteiger partial charge < -0.3 is 4.90 Å². The molecule has 5 aliphatic rings. The van der Waals surface area contributed by atoms with Gasteiger partial charge in [0.05, 0.1) is 6.54 Å². The third-order valence-electron chi connectivity index (χ3n) is 7.04. The van der Waals surface area contributed by atoms with Crippen molar-refractivity contribution >= 4 is 17.7 Å². The number of likely N-dealkylation sites (N-methyl/N-ethyl adjacent to an activating group) is 1. The van der Waals surface area contributed by atoms with E-state index in [2.05, 4.69) is 0 Å². The van der Waals surface area contributed by atoms with Crippen molar-refractivity contribution in [2.75, 3.05) is 13.6 Å². The van der Waals surface area contributed by atoms with Crippen LogP contribution in [0.4, 0.5) is 4.79 Å². The SMILES string of the molecule is CN1C(=O)N(CC(=O)c2ccccc2)C(=O)C1(C)C1CC2C3C2C31. The molecule has 1 heterocycles. The summed E-state index contributed by atoms with van der Waals surface area (Å²) in [6.07, 6.45) is 1.06. The van der Waals surface area contributed by atoms with Gasteiger partial charge in [0.25, 0.3) is 5.91 Å². The van der Waals surface area contributed by atoms with E-state index in [0.29, 0.717) is 11.5 Å². The Bertz CT molecular complexity index is 759. The third kappa shape index (κ3) is 1.53. The maximum atomic E-state index is 13.1. The second kappa shape index (κ2) is 4.26. The number of urea groups is 1. The van der Waals surface area contributed by atoms with E-state index < -0.39 is 5.54 Å². The van der Waals surface area contributed by atoms with Crippen LogP contribution in [0.1, 0.15) is 23.7 Å². The van der Waals surface area contributed by atoms with Gasteiger partial charge in [0, 0.05) is 12.6 Å². The van der Waals surface area contributed by atoms with E-state index in [9.17, 15) is 14.4 Å². The Labute approximate surface area is 140 Å². The molecule has 1 aromatic rings. The summed E-state index contributed by atoms with van der Waals surface area (Å²) in [5.41, 5.74) is -0.251. The first-order valence-electron chi connectivity index (χ1n) is 8.64. The number of carbonyl (C=O) groups excluding carboxylic acids is 3. The van der Waals surface area contributed by atoms with Gasteiger partial charge in [-0.05, 0) is 42.9 Å². The molecule has 1 saturated heterocycles. The van der Waals surface area contributed by atoms with Gasteiger partial charge in [0.1, 0.15) is 5.54 Å². The molecule has 4 unspecified atom stereocenters. The van der Waals surface area contributed by atoms with Crippen LogP contribution in [-0.4, -0.2) is 46.7 Å². The Kier molecular flexibility index (Phi) is 2.52. The summed E-state index contributed by atoms with van der Waals surface area (Å²) in [7, 11) is 1.71. The minimum absolute atomic E-state index is 0.171. The van der Waals surface area contributed by atoms with Gasteiger partial charge in [-0.3, -0.25) is 14.5 Å². The molecule has 5 nitrogen and oxygen atoms in total. The van der Waals surface area contributed by atoms with Crippen LogP contribution in [0.5, 0.6) is 0 Å². The number of hydrogen-bond acceptors (Lipinski definition) is 3. The summed E-state index contributed by atoms with van der Waals surface area (Å²) in [5.74, 6) is 2.94. The molecule has 2 bridgehead atoms. The van der Waals surface area contributed by atoms with Crippen LogP contribution < -0.4 is 0 Å². The molecule has 4 saturated carbocycles. The molecular weight excluding hydrogens is 304 g/mol. The first-order valence-corrected chi connectivity index (χ1v) is 8.64. The van der Waals surface area contributed by atoms with Gasteiger partial charge in [0.2, 0.25) is 0 Å². The maximum Gasteiger partial charge on any atom is 0.327 e. The predicted octanol–water partition coefficient (Wildman–Crippen LogP) is 2.03. The summed E-state index contributed by atoms with van der Waals surface area (Å²) in [6, 6.07) is 8.49. The highest BCUT2D eigenvalue weighted by Crippen LogP contribution is 2.85. The molecule has 1 aliphatic heterocycles. The number of fused-ring (bicyclic) bond motifs is 1. The Morgan fingerprint density at radius 3 is 2.42 bits per heavy atom. The lowest BCUT2D eigenvalue weighted by Crippen LogP contribution is -2.51. The topological polar surface area (TPSA) is 57.7 Å². The van der Waals surface area contributed by atoms with E-state index in [4.69, 9.17) is 0 Å². The Hall–Kier alpha value is -2.17. The molecule has 4 aliphatic carbocycles. The smallest absolute Gasteiger partial charge is 0.313 e. The van der Waals surface area contributed by atoms with Crippen molar-refractivity contribution in [3.05, 3.63) is 35.9 Å². The van der Waals surface area contributed by atoms with Gasteiger partial charge >= 0.3 is 6.03 Å². The summed E-state index contributed by atoms with van der Waals surface area (Å²) < 4.78 is 0. The molecular formula is C19H20N2O3. The fraction of sp³-hybridized carbons (Fsp3) is 0.526. The summed E-state index contributed by atoms with van der Waals surface area (Å²) in [4.78, 5) is 40.9. The van der Waals surface area contributed by atoms with Crippen LogP contribution in [0.15, 0.2) is 30.3 Å². The molecule has 24 heavy (non-hydrogen) atoms. The fourth-order valence-electron chi connectivity index (χ4n) is 5.43. The highest BCUT2D eigenvalue weighted by molar-refractivity contribution is 6.11. The lowest BCUT2D eigenvalue weighted by atomic mass is 9.82. The largest absolute Gasteiger partial charge is 0.327 e. The number of rotatable bonds is 4. The second-order valence-electron chi connectivity index (χ2n) is 7.91.